The number of pyridine rings is 1. The standard InChI is InChI=1S/C23H21F2N5O4S/c1-15-18(22(28-14-27-15)30-7-9-34-10-8-30)5-3-16-11-20(23(33-2)26-13-16)29-35(31,32)21-6-4-17(24)12-19(21)25/h4,6,11-14,29H,7-10H2,1-2H3. The zero-order valence-electron chi connectivity index (χ0n) is 18.9. The first kappa shape index (κ1) is 24.3. The minimum atomic E-state index is -4.40. The Kier molecular flexibility index (Phi) is 7.09. The Labute approximate surface area is 201 Å². The molecule has 0 saturated carbocycles. The second-order valence-electron chi connectivity index (χ2n) is 7.47. The number of benzene rings is 1. The lowest BCUT2D eigenvalue weighted by Gasteiger charge is -2.28. The van der Waals surface area contributed by atoms with Crippen molar-refractivity contribution in [2.24, 2.45) is 0 Å². The van der Waals surface area contributed by atoms with E-state index in [9.17, 15) is 17.2 Å². The molecule has 3 aromatic rings. The lowest BCUT2D eigenvalue weighted by atomic mass is 10.2. The van der Waals surface area contributed by atoms with Crippen molar-refractivity contribution in [3.8, 4) is 17.7 Å². The van der Waals surface area contributed by atoms with Crippen LogP contribution < -0.4 is 14.4 Å². The van der Waals surface area contributed by atoms with Crippen LogP contribution >= 0.6 is 0 Å². The topological polar surface area (TPSA) is 107 Å². The van der Waals surface area contributed by atoms with Crippen LogP contribution in [0, 0.1) is 30.4 Å². The van der Waals surface area contributed by atoms with Crippen LogP contribution in [-0.2, 0) is 14.8 Å². The molecule has 0 unspecified atom stereocenters. The summed E-state index contributed by atoms with van der Waals surface area (Å²) in [6.45, 7) is 4.31. The van der Waals surface area contributed by atoms with Crippen LogP contribution in [0.25, 0.3) is 0 Å². The second-order valence-corrected chi connectivity index (χ2v) is 9.12. The zero-order chi connectivity index (χ0) is 25.0. The Morgan fingerprint density at radius 3 is 2.60 bits per heavy atom. The van der Waals surface area contributed by atoms with E-state index in [4.69, 9.17) is 9.47 Å². The van der Waals surface area contributed by atoms with Gasteiger partial charge in [-0.3, -0.25) is 4.72 Å². The fraction of sp³-hybridized carbons (Fsp3) is 0.261. The third-order valence-corrected chi connectivity index (χ3v) is 6.53. The molecule has 1 saturated heterocycles. The number of aryl methyl sites for hydroxylation is 1. The number of nitrogens with one attached hydrogen (secondary N) is 1. The summed E-state index contributed by atoms with van der Waals surface area (Å²) < 4.78 is 65.5. The number of aromatic nitrogens is 3. The number of methoxy groups -OCH3 is 1. The van der Waals surface area contributed by atoms with Gasteiger partial charge in [-0.1, -0.05) is 11.8 Å². The molecule has 0 amide bonds. The number of sulfonamides is 1. The molecule has 0 radical (unpaired) electrons. The van der Waals surface area contributed by atoms with Crippen molar-refractivity contribution in [1.82, 2.24) is 15.0 Å². The van der Waals surface area contributed by atoms with Crippen LogP contribution in [0.1, 0.15) is 16.8 Å². The van der Waals surface area contributed by atoms with Gasteiger partial charge in [0.2, 0.25) is 5.88 Å². The van der Waals surface area contributed by atoms with Crippen molar-refractivity contribution >= 4 is 21.5 Å². The normalized spacial score (nSPS) is 13.7. The third kappa shape index (κ3) is 5.47. The summed E-state index contributed by atoms with van der Waals surface area (Å²) in [4.78, 5) is 14.0. The maximum atomic E-state index is 14.1. The Morgan fingerprint density at radius 1 is 1.11 bits per heavy atom. The molecule has 0 bridgehead atoms. The Morgan fingerprint density at radius 2 is 1.89 bits per heavy atom. The lowest BCUT2D eigenvalue weighted by Crippen LogP contribution is -2.37. The summed E-state index contributed by atoms with van der Waals surface area (Å²) in [5.74, 6) is 4.52. The summed E-state index contributed by atoms with van der Waals surface area (Å²) in [7, 11) is -3.09. The number of morpholine rings is 1. The maximum Gasteiger partial charge on any atom is 0.264 e. The summed E-state index contributed by atoms with van der Waals surface area (Å²) in [5.41, 5.74) is 1.61. The molecule has 3 heterocycles. The molecule has 2 aromatic heterocycles. The van der Waals surface area contributed by atoms with Gasteiger partial charge in [0.05, 0.1) is 31.6 Å². The van der Waals surface area contributed by atoms with E-state index in [-0.39, 0.29) is 11.6 Å². The van der Waals surface area contributed by atoms with Crippen molar-refractivity contribution < 1.29 is 26.7 Å². The van der Waals surface area contributed by atoms with Crippen LogP contribution in [-0.4, -0.2) is 56.8 Å². The molecule has 1 N–H and O–H groups in total. The number of hydrogen-bond donors (Lipinski definition) is 1. The van der Waals surface area contributed by atoms with Gasteiger partial charge in [-0.05, 0) is 25.1 Å². The highest BCUT2D eigenvalue weighted by Crippen LogP contribution is 2.27. The van der Waals surface area contributed by atoms with Gasteiger partial charge in [-0.25, -0.2) is 32.2 Å². The second kappa shape index (κ2) is 10.2. The molecule has 35 heavy (non-hydrogen) atoms. The van der Waals surface area contributed by atoms with Crippen molar-refractivity contribution in [3.05, 3.63) is 65.2 Å². The molecule has 0 spiro atoms. The highest BCUT2D eigenvalue weighted by Gasteiger charge is 2.22. The van der Waals surface area contributed by atoms with E-state index in [1.54, 1.807) is 0 Å². The van der Waals surface area contributed by atoms with Gasteiger partial charge in [0, 0.05) is 30.9 Å². The van der Waals surface area contributed by atoms with Gasteiger partial charge in [0.15, 0.2) is 0 Å². The van der Waals surface area contributed by atoms with Crippen LogP contribution in [0.4, 0.5) is 20.3 Å². The van der Waals surface area contributed by atoms with E-state index < -0.39 is 26.6 Å². The first-order valence-electron chi connectivity index (χ1n) is 10.5. The Balaban J connectivity index is 1.68. The van der Waals surface area contributed by atoms with Gasteiger partial charge in [0.1, 0.15) is 34.4 Å². The minimum absolute atomic E-state index is 0.0464. The van der Waals surface area contributed by atoms with Crippen LogP contribution in [0.15, 0.2) is 41.7 Å². The number of halogens is 2. The molecule has 182 valence electrons. The summed E-state index contributed by atoms with van der Waals surface area (Å²) in [5, 5.41) is 0. The van der Waals surface area contributed by atoms with Crippen molar-refractivity contribution in [2.75, 3.05) is 43.0 Å². The molecule has 1 aliphatic heterocycles. The highest BCUT2D eigenvalue weighted by atomic mass is 32.2. The fourth-order valence-electron chi connectivity index (χ4n) is 3.41. The molecular formula is C23H21F2N5O4S. The highest BCUT2D eigenvalue weighted by molar-refractivity contribution is 7.92. The molecule has 12 heteroatoms. The smallest absolute Gasteiger partial charge is 0.264 e. The third-order valence-electron chi connectivity index (χ3n) is 5.13. The summed E-state index contributed by atoms with van der Waals surface area (Å²) in [6.07, 6.45) is 2.89. The number of hydrogen-bond acceptors (Lipinski definition) is 8. The molecule has 1 aromatic carbocycles. The van der Waals surface area contributed by atoms with Gasteiger partial charge in [0.25, 0.3) is 10.0 Å². The van der Waals surface area contributed by atoms with Gasteiger partial charge < -0.3 is 14.4 Å². The number of rotatable bonds is 5. The van der Waals surface area contributed by atoms with E-state index in [1.165, 1.54) is 25.7 Å². The predicted octanol–water partition coefficient (Wildman–Crippen LogP) is 2.50. The van der Waals surface area contributed by atoms with Crippen molar-refractivity contribution in [2.45, 2.75) is 11.8 Å². The predicted molar refractivity (Wildman–Crippen MR) is 124 cm³/mol. The van der Waals surface area contributed by atoms with Gasteiger partial charge in [-0.2, -0.15) is 0 Å². The first-order valence-corrected chi connectivity index (χ1v) is 11.9. The minimum Gasteiger partial charge on any atom is -0.479 e. The van der Waals surface area contributed by atoms with Crippen LogP contribution in [0.3, 0.4) is 0 Å². The molecule has 9 nitrogen and oxygen atoms in total. The summed E-state index contributed by atoms with van der Waals surface area (Å²) >= 11 is 0. The molecule has 0 atom stereocenters. The van der Waals surface area contributed by atoms with E-state index in [2.05, 4.69) is 36.4 Å². The van der Waals surface area contributed by atoms with Gasteiger partial charge >= 0.3 is 0 Å². The zero-order valence-corrected chi connectivity index (χ0v) is 19.7. The monoisotopic (exact) mass is 501 g/mol. The summed E-state index contributed by atoms with van der Waals surface area (Å²) in [6, 6.07) is 3.58. The average molecular weight is 502 g/mol. The van der Waals surface area contributed by atoms with Crippen molar-refractivity contribution in [3.63, 3.8) is 0 Å². The Hall–Kier alpha value is -3.82. The van der Waals surface area contributed by atoms with Crippen LogP contribution in [0.5, 0.6) is 5.88 Å². The van der Waals surface area contributed by atoms with E-state index in [0.717, 1.165) is 12.1 Å². The van der Waals surface area contributed by atoms with Crippen molar-refractivity contribution in [1.29, 1.82) is 0 Å². The first-order chi connectivity index (χ1) is 16.8. The largest absolute Gasteiger partial charge is 0.479 e. The van der Waals surface area contributed by atoms with E-state index in [1.807, 2.05) is 6.92 Å². The Bertz CT molecular complexity index is 1420. The quantitative estimate of drug-likeness (QED) is 0.532. The number of ether oxygens (including phenoxy) is 2. The van der Waals surface area contributed by atoms with Gasteiger partial charge in [-0.15, -0.1) is 0 Å². The molecule has 1 aliphatic rings. The maximum absolute atomic E-state index is 14.1. The average Bonchev–Trinajstić information content (AvgIpc) is 2.83. The SMILES string of the molecule is COc1ncc(C#Cc2c(C)ncnc2N2CCOCC2)cc1NS(=O)(=O)c1ccc(F)cc1F. The molecular weight excluding hydrogens is 480 g/mol. The molecule has 1 fully saturated rings. The van der Waals surface area contributed by atoms with Crippen LogP contribution in [0.2, 0.25) is 0 Å². The molecule has 0 aliphatic carbocycles. The number of anilines is 2. The van der Waals surface area contributed by atoms with E-state index >= 15 is 0 Å². The molecule has 4 rings (SSSR count). The lowest BCUT2D eigenvalue weighted by molar-refractivity contribution is 0.122. The van der Waals surface area contributed by atoms with E-state index in [0.29, 0.717) is 55.0 Å². The number of nitrogens with zero attached hydrogens (tertiary/aromatic N) is 4. The fourth-order valence-corrected chi connectivity index (χ4v) is 4.51.